The van der Waals surface area contributed by atoms with Gasteiger partial charge in [-0.2, -0.15) is 0 Å². The first kappa shape index (κ1) is 19.8. The summed E-state index contributed by atoms with van der Waals surface area (Å²) in [6.45, 7) is 0.450. The number of hydrogen-bond donors (Lipinski definition) is 2. The van der Waals surface area contributed by atoms with E-state index in [2.05, 4.69) is 21.2 Å². The van der Waals surface area contributed by atoms with Crippen LogP contribution in [0.25, 0.3) is 0 Å². The van der Waals surface area contributed by atoms with E-state index >= 15 is 0 Å². The zero-order valence-electron chi connectivity index (χ0n) is 13.3. The van der Waals surface area contributed by atoms with E-state index in [4.69, 9.17) is 37.8 Å². The number of aliphatic carboxylic acids is 1. The fraction of sp³-hybridized carbons (Fsp3) is 0.235. The molecule has 0 radical (unpaired) electrons. The second-order valence-electron chi connectivity index (χ2n) is 5.10. The molecule has 0 aliphatic carbocycles. The molecule has 0 atom stereocenters. The Morgan fingerprint density at radius 3 is 2.56 bits per heavy atom. The number of methoxy groups -OCH3 is 1. The molecule has 0 saturated heterocycles. The summed E-state index contributed by atoms with van der Waals surface area (Å²) < 4.78 is 11.9. The number of rotatable bonds is 8. The second kappa shape index (κ2) is 9.29. The van der Waals surface area contributed by atoms with Crippen LogP contribution in [0.4, 0.5) is 0 Å². The average Bonchev–Trinajstić information content (AvgIpc) is 2.55. The number of carboxylic acid groups (broad SMARTS) is 1. The Labute approximate surface area is 164 Å². The minimum atomic E-state index is -0.914. The first-order valence-corrected chi connectivity index (χ1v) is 8.82. The van der Waals surface area contributed by atoms with Gasteiger partial charge in [0.25, 0.3) is 0 Å². The molecule has 0 bridgehead atoms. The number of benzene rings is 2. The first-order valence-electron chi connectivity index (χ1n) is 7.27. The van der Waals surface area contributed by atoms with Crippen molar-refractivity contribution in [1.29, 1.82) is 0 Å². The van der Waals surface area contributed by atoms with Crippen molar-refractivity contribution in [1.82, 2.24) is 5.32 Å². The van der Waals surface area contributed by atoms with Gasteiger partial charge < -0.3 is 19.9 Å². The van der Waals surface area contributed by atoms with Gasteiger partial charge >= 0.3 is 5.97 Å². The SMILES string of the molecule is COc1cc(CNCC(=O)O)cc(Br)c1OCc1c(Cl)cccc1Cl. The maximum atomic E-state index is 10.6. The predicted molar refractivity (Wildman–Crippen MR) is 101 cm³/mol. The van der Waals surface area contributed by atoms with Crippen molar-refractivity contribution >= 4 is 45.1 Å². The molecule has 0 fully saturated rings. The van der Waals surface area contributed by atoms with Crippen molar-refractivity contribution in [2.45, 2.75) is 13.2 Å². The molecule has 2 aromatic rings. The molecule has 0 aliphatic heterocycles. The largest absolute Gasteiger partial charge is 0.493 e. The van der Waals surface area contributed by atoms with E-state index in [1.807, 2.05) is 6.07 Å². The summed E-state index contributed by atoms with van der Waals surface area (Å²) in [6, 6.07) is 8.87. The lowest BCUT2D eigenvalue weighted by Crippen LogP contribution is -2.21. The Kier molecular flexibility index (Phi) is 7.38. The van der Waals surface area contributed by atoms with E-state index in [1.54, 1.807) is 24.3 Å². The highest BCUT2D eigenvalue weighted by Gasteiger charge is 2.14. The molecular formula is C17H16BrCl2NO4. The van der Waals surface area contributed by atoms with Crippen LogP contribution in [0.5, 0.6) is 11.5 Å². The Bertz CT molecular complexity index is 750. The molecule has 0 aromatic heterocycles. The molecule has 0 aliphatic rings. The summed E-state index contributed by atoms with van der Waals surface area (Å²) in [5, 5.41) is 12.5. The first-order chi connectivity index (χ1) is 11.9. The molecule has 0 saturated carbocycles. The van der Waals surface area contributed by atoms with E-state index < -0.39 is 5.97 Å². The van der Waals surface area contributed by atoms with Crippen LogP contribution >= 0.6 is 39.1 Å². The third-order valence-corrected chi connectivity index (χ3v) is 4.61. The van der Waals surface area contributed by atoms with Crippen LogP contribution in [0, 0.1) is 0 Å². The van der Waals surface area contributed by atoms with Gasteiger partial charge in [0.05, 0.1) is 18.1 Å². The van der Waals surface area contributed by atoms with E-state index in [0.717, 1.165) is 5.56 Å². The molecule has 2 rings (SSSR count). The van der Waals surface area contributed by atoms with Gasteiger partial charge in [-0.1, -0.05) is 29.3 Å². The molecule has 0 spiro atoms. The highest BCUT2D eigenvalue weighted by molar-refractivity contribution is 9.10. The second-order valence-corrected chi connectivity index (χ2v) is 6.76. The standard InChI is InChI=1S/C17H16BrCl2NO4/c1-24-15-6-10(7-21-8-16(22)23)5-12(18)17(15)25-9-11-13(19)3-2-4-14(11)20/h2-6,21H,7-9H2,1H3,(H,22,23). The lowest BCUT2D eigenvalue weighted by atomic mass is 10.2. The molecular weight excluding hydrogens is 433 g/mol. The molecule has 0 unspecified atom stereocenters. The Balaban J connectivity index is 2.16. The lowest BCUT2D eigenvalue weighted by molar-refractivity contribution is -0.135. The molecule has 2 aromatic carbocycles. The lowest BCUT2D eigenvalue weighted by Gasteiger charge is -2.15. The Morgan fingerprint density at radius 2 is 1.96 bits per heavy atom. The average molecular weight is 449 g/mol. The number of nitrogens with one attached hydrogen (secondary N) is 1. The van der Waals surface area contributed by atoms with Crippen molar-refractivity contribution in [2.24, 2.45) is 0 Å². The van der Waals surface area contributed by atoms with Gasteiger partial charge in [-0.25, -0.2) is 0 Å². The maximum Gasteiger partial charge on any atom is 0.317 e. The minimum absolute atomic E-state index is 0.122. The van der Waals surface area contributed by atoms with Crippen LogP contribution in [0.1, 0.15) is 11.1 Å². The highest BCUT2D eigenvalue weighted by Crippen LogP contribution is 2.38. The monoisotopic (exact) mass is 447 g/mol. The van der Waals surface area contributed by atoms with Crippen molar-refractivity contribution in [3.8, 4) is 11.5 Å². The van der Waals surface area contributed by atoms with Crippen molar-refractivity contribution in [3.63, 3.8) is 0 Å². The zero-order valence-corrected chi connectivity index (χ0v) is 16.4. The van der Waals surface area contributed by atoms with Gasteiger partial charge in [-0.15, -0.1) is 0 Å². The van der Waals surface area contributed by atoms with Gasteiger partial charge in [0, 0.05) is 22.2 Å². The number of halogens is 3. The number of hydrogen-bond acceptors (Lipinski definition) is 4. The molecule has 5 nitrogen and oxygen atoms in total. The maximum absolute atomic E-state index is 10.6. The van der Waals surface area contributed by atoms with E-state index in [9.17, 15) is 4.79 Å². The highest BCUT2D eigenvalue weighted by atomic mass is 79.9. The number of carbonyl (C=O) groups is 1. The number of ether oxygens (including phenoxy) is 2. The molecule has 2 N–H and O–H groups in total. The molecule has 0 heterocycles. The molecule has 134 valence electrons. The molecule has 8 heteroatoms. The van der Waals surface area contributed by atoms with Crippen LogP contribution < -0.4 is 14.8 Å². The Hall–Kier alpha value is -1.47. The van der Waals surface area contributed by atoms with E-state index in [-0.39, 0.29) is 13.2 Å². The molecule has 0 amide bonds. The van der Waals surface area contributed by atoms with Gasteiger partial charge in [-0.3, -0.25) is 4.79 Å². The Morgan fingerprint density at radius 1 is 1.28 bits per heavy atom. The van der Waals surface area contributed by atoms with Crippen LogP contribution in [0.15, 0.2) is 34.8 Å². The van der Waals surface area contributed by atoms with Crippen LogP contribution in [-0.4, -0.2) is 24.7 Å². The fourth-order valence-electron chi connectivity index (χ4n) is 2.14. The van der Waals surface area contributed by atoms with Gasteiger partial charge in [-0.05, 0) is 45.8 Å². The van der Waals surface area contributed by atoms with Gasteiger partial charge in [0.15, 0.2) is 11.5 Å². The minimum Gasteiger partial charge on any atom is -0.493 e. The topological polar surface area (TPSA) is 67.8 Å². The smallest absolute Gasteiger partial charge is 0.317 e. The predicted octanol–water partition coefficient (Wildman–Crippen LogP) is 4.52. The van der Waals surface area contributed by atoms with Crippen molar-refractivity contribution in [3.05, 3.63) is 56.0 Å². The van der Waals surface area contributed by atoms with Gasteiger partial charge in [0.2, 0.25) is 0 Å². The van der Waals surface area contributed by atoms with Crippen LogP contribution in [0.2, 0.25) is 10.0 Å². The summed E-state index contributed by atoms with van der Waals surface area (Å²) in [6.07, 6.45) is 0. The van der Waals surface area contributed by atoms with E-state index in [1.165, 1.54) is 7.11 Å². The summed E-state index contributed by atoms with van der Waals surface area (Å²) in [7, 11) is 1.53. The van der Waals surface area contributed by atoms with Crippen LogP contribution in [-0.2, 0) is 17.9 Å². The normalized spacial score (nSPS) is 10.6. The summed E-state index contributed by atoms with van der Waals surface area (Å²) >= 11 is 15.8. The van der Waals surface area contributed by atoms with Crippen molar-refractivity contribution in [2.75, 3.05) is 13.7 Å². The fourth-order valence-corrected chi connectivity index (χ4v) is 3.25. The van der Waals surface area contributed by atoms with Crippen molar-refractivity contribution < 1.29 is 19.4 Å². The summed E-state index contributed by atoms with van der Waals surface area (Å²) in [5.74, 6) is 0.118. The third-order valence-electron chi connectivity index (χ3n) is 3.32. The van der Waals surface area contributed by atoms with Crippen LogP contribution in [0.3, 0.4) is 0 Å². The third kappa shape index (κ3) is 5.51. The van der Waals surface area contributed by atoms with E-state index in [0.29, 0.717) is 38.1 Å². The quantitative estimate of drug-likeness (QED) is 0.621. The van der Waals surface area contributed by atoms with Gasteiger partial charge in [0.1, 0.15) is 6.61 Å². The summed E-state index contributed by atoms with van der Waals surface area (Å²) in [4.78, 5) is 10.6. The molecule has 25 heavy (non-hydrogen) atoms. The summed E-state index contributed by atoms with van der Waals surface area (Å²) in [5.41, 5.74) is 1.54. The zero-order chi connectivity index (χ0) is 18.4. The number of carboxylic acids is 1.